The largest absolute Gasteiger partial charge is 0.497 e. The molecule has 0 spiro atoms. The predicted octanol–water partition coefficient (Wildman–Crippen LogP) is 4.02. The van der Waals surface area contributed by atoms with Crippen LogP contribution in [0.1, 0.15) is 16.7 Å². The Morgan fingerprint density at radius 2 is 1.81 bits per heavy atom. The van der Waals surface area contributed by atoms with Crippen molar-refractivity contribution in [3.05, 3.63) is 64.2 Å². The highest BCUT2D eigenvalue weighted by Gasteiger charge is 2.11. The van der Waals surface area contributed by atoms with Crippen molar-refractivity contribution in [2.45, 2.75) is 19.8 Å². The minimum absolute atomic E-state index is 0.388. The van der Waals surface area contributed by atoms with E-state index in [-0.39, 0.29) is 0 Å². The van der Waals surface area contributed by atoms with Gasteiger partial charge in [-0.1, -0.05) is 35.9 Å². The Morgan fingerprint density at radius 3 is 2.38 bits per heavy atom. The van der Waals surface area contributed by atoms with Gasteiger partial charge in [-0.3, -0.25) is 0 Å². The van der Waals surface area contributed by atoms with Crippen LogP contribution in [0.5, 0.6) is 5.75 Å². The zero-order chi connectivity index (χ0) is 15.2. The second-order valence-electron chi connectivity index (χ2n) is 5.45. The number of methoxy groups -OCH3 is 1. The molecule has 0 fully saturated rings. The van der Waals surface area contributed by atoms with Crippen molar-refractivity contribution in [2.24, 2.45) is 11.7 Å². The predicted molar refractivity (Wildman–Crippen MR) is 89.1 cm³/mol. The summed E-state index contributed by atoms with van der Waals surface area (Å²) in [5, 5.41) is 0.836. The molecule has 0 aliphatic carbocycles. The van der Waals surface area contributed by atoms with E-state index in [0.29, 0.717) is 12.5 Å². The molecule has 21 heavy (non-hydrogen) atoms. The topological polar surface area (TPSA) is 35.2 Å². The highest BCUT2D eigenvalue weighted by atomic mass is 35.5. The summed E-state index contributed by atoms with van der Waals surface area (Å²) in [4.78, 5) is 0. The van der Waals surface area contributed by atoms with Crippen LogP contribution in [-0.4, -0.2) is 13.7 Å². The van der Waals surface area contributed by atoms with E-state index in [0.717, 1.165) is 23.6 Å². The van der Waals surface area contributed by atoms with Gasteiger partial charge in [0.1, 0.15) is 5.75 Å². The van der Waals surface area contributed by atoms with Crippen LogP contribution in [0.2, 0.25) is 5.02 Å². The van der Waals surface area contributed by atoms with Crippen molar-refractivity contribution in [2.75, 3.05) is 13.7 Å². The molecule has 0 aliphatic rings. The van der Waals surface area contributed by atoms with Gasteiger partial charge < -0.3 is 10.5 Å². The molecule has 0 saturated heterocycles. The molecule has 0 aliphatic heterocycles. The molecular formula is C18H22ClNO. The third-order valence-corrected chi connectivity index (χ3v) is 4.09. The van der Waals surface area contributed by atoms with Crippen molar-refractivity contribution >= 4 is 11.6 Å². The number of halogens is 1. The first-order chi connectivity index (χ1) is 10.1. The molecule has 0 saturated carbocycles. The van der Waals surface area contributed by atoms with Crippen LogP contribution in [0.3, 0.4) is 0 Å². The van der Waals surface area contributed by atoms with Crippen LogP contribution in [0, 0.1) is 12.8 Å². The highest BCUT2D eigenvalue weighted by molar-refractivity contribution is 6.31. The fourth-order valence-corrected chi connectivity index (χ4v) is 2.77. The quantitative estimate of drug-likeness (QED) is 0.875. The van der Waals surface area contributed by atoms with Gasteiger partial charge in [-0.05, 0) is 67.1 Å². The van der Waals surface area contributed by atoms with Crippen molar-refractivity contribution in [1.82, 2.24) is 0 Å². The molecule has 1 unspecified atom stereocenters. The van der Waals surface area contributed by atoms with Gasteiger partial charge in [-0.15, -0.1) is 0 Å². The summed E-state index contributed by atoms with van der Waals surface area (Å²) in [5.74, 6) is 1.27. The van der Waals surface area contributed by atoms with Crippen LogP contribution in [0.25, 0.3) is 0 Å². The maximum Gasteiger partial charge on any atom is 0.118 e. The maximum atomic E-state index is 6.32. The second kappa shape index (κ2) is 7.48. The number of aryl methyl sites for hydroxylation is 1. The van der Waals surface area contributed by atoms with E-state index >= 15 is 0 Å². The SMILES string of the molecule is COc1ccc(CC(CN)Cc2ccc(C)cc2Cl)cc1. The molecule has 2 nitrogen and oxygen atoms in total. The molecule has 3 heteroatoms. The van der Waals surface area contributed by atoms with E-state index in [1.165, 1.54) is 16.7 Å². The zero-order valence-corrected chi connectivity index (χ0v) is 13.4. The Hall–Kier alpha value is -1.51. The minimum Gasteiger partial charge on any atom is -0.497 e. The zero-order valence-electron chi connectivity index (χ0n) is 12.6. The molecule has 0 bridgehead atoms. The third kappa shape index (κ3) is 4.48. The molecule has 2 N–H and O–H groups in total. The fraction of sp³-hybridized carbons (Fsp3) is 0.333. The summed E-state index contributed by atoms with van der Waals surface area (Å²) in [6.07, 6.45) is 1.85. The molecule has 2 rings (SSSR count). The number of rotatable bonds is 6. The van der Waals surface area contributed by atoms with E-state index in [9.17, 15) is 0 Å². The van der Waals surface area contributed by atoms with Gasteiger partial charge >= 0.3 is 0 Å². The number of hydrogen-bond acceptors (Lipinski definition) is 2. The summed E-state index contributed by atoms with van der Waals surface area (Å²) in [6.45, 7) is 2.70. The van der Waals surface area contributed by atoms with Gasteiger partial charge in [-0.25, -0.2) is 0 Å². The molecule has 0 amide bonds. The van der Waals surface area contributed by atoms with E-state index in [4.69, 9.17) is 22.1 Å². The smallest absolute Gasteiger partial charge is 0.118 e. The van der Waals surface area contributed by atoms with Crippen molar-refractivity contribution in [1.29, 1.82) is 0 Å². The van der Waals surface area contributed by atoms with Gasteiger partial charge in [0.05, 0.1) is 7.11 Å². The molecular weight excluding hydrogens is 282 g/mol. The average Bonchev–Trinajstić information content (AvgIpc) is 2.49. The maximum absolute atomic E-state index is 6.32. The Morgan fingerprint density at radius 1 is 1.10 bits per heavy atom. The fourth-order valence-electron chi connectivity index (χ4n) is 2.46. The third-order valence-electron chi connectivity index (χ3n) is 3.73. The minimum atomic E-state index is 0.388. The highest BCUT2D eigenvalue weighted by Crippen LogP contribution is 2.23. The van der Waals surface area contributed by atoms with Gasteiger partial charge in [0.25, 0.3) is 0 Å². The molecule has 2 aromatic carbocycles. The Labute approximate surface area is 131 Å². The first kappa shape index (κ1) is 15.9. The van der Waals surface area contributed by atoms with Gasteiger partial charge in [0.2, 0.25) is 0 Å². The van der Waals surface area contributed by atoms with Crippen LogP contribution in [0.15, 0.2) is 42.5 Å². The van der Waals surface area contributed by atoms with E-state index in [1.807, 2.05) is 25.1 Å². The summed E-state index contributed by atoms with van der Waals surface area (Å²) in [5.41, 5.74) is 9.57. The number of hydrogen-bond donors (Lipinski definition) is 1. The number of benzene rings is 2. The molecule has 1 atom stereocenters. The van der Waals surface area contributed by atoms with Gasteiger partial charge in [0.15, 0.2) is 0 Å². The molecule has 112 valence electrons. The number of nitrogens with two attached hydrogens (primary N) is 1. The molecule has 0 aromatic heterocycles. The van der Waals surface area contributed by atoms with Crippen LogP contribution < -0.4 is 10.5 Å². The molecule has 2 aromatic rings. The first-order valence-electron chi connectivity index (χ1n) is 7.20. The first-order valence-corrected chi connectivity index (χ1v) is 7.58. The van der Waals surface area contributed by atoms with Crippen LogP contribution >= 0.6 is 11.6 Å². The van der Waals surface area contributed by atoms with E-state index in [2.05, 4.69) is 24.3 Å². The van der Waals surface area contributed by atoms with Crippen molar-refractivity contribution in [3.8, 4) is 5.75 Å². The lowest BCUT2D eigenvalue weighted by Gasteiger charge is -2.16. The second-order valence-corrected chi connectivity index (χ2v) is 5.86. The lowest BCUT2D eigenvalue weighted by molar-refractivity contribution is 0.414. The van der Waals surface area contributed by atoms with Crippen molar-refractivity contribution in [3.63, 3.8) is 0 Å². The lowest BCUT2D eigenvalue weighted by Crippen LogP contribution is -2.19. The Balaban J connectivity index is 2.05. The summed E-state index contributed by atoms with van der Waals surface area (Å²) >= 11 is 6.32. The van der Waals surface area contributed by atoms with E-state index < -0.39 is 0 Å². The van der Waals surface area contributed by atoms with Gasteiger partial charge in [-0.2, -0.15) is 0 Å². The lowest BCUT2D eigenvalue weighted by atomic mass is 9.92. The summed E-state index contributed by atoms with van der Waals surface area (Å²) in [7, 11) is 1.68. The number of ether oxygens (including phenoxy) is 1. The van der Waals surface area contributed by atoms with Crippen LogP contribution in [0.4, 0.5) is 0 Å². The summed E-state index contributed by atoms with van der Waals surface area (Å²) < 4.78 is 5.18. The standard InChI is InChI=1S/C18H22ClNO/c1-13-3-6-16(18(19)9-13)11-15(12-20)10-14-4-7-17(21-2)8-5-14/h3-9,15H,10-12,20H2,1-2H3. The summed E-state index contributed by atoms with van der Waals surface area (Å²) in [6, 6.07) is 14.4. The average molecular weight is 304 g/mol. The van der Waals surface area contributed by atoms with Crippen molar-refractivity contribution < 1.29 is 4.74 Å². The van der Waals surface area contributed by atoms with Gasteiger partial charge in [0, 0.05) is 5.02 Å². The monoisotopic (exact) mass is 303 g/mol. The molecule has 0 heterocycles. The normalized spacial score (nSPS) is 12.2. The Bertz CT molecular complexity index is 580. The van der Waals surface area contributed by atoms with Crippen LogP contribution in [-0.2, 0) is 12.8 Å². The molecule has 0 radical (unpaired) electrons. The van der Waals surface area contributed by atoms with E-state index in [1.54, 1.807) is 7.11 Å². The Kier molecular flexibility index (Phi) is 5.66.